The van der Waals surface area contributed by atoms with Gasteiger partial charge in [0, 0.05) is 18.3 Å². The zero-order valence-electron chi connectivity index (χ0n) is 20.7. The lowest BCUT2D eigenvalue weighted by Gasteiger charge is -2.27. The maximum Gasteiger partial charge on any atom is 0.322 e. The van der Waals surface area contributed by atoms with E-state index in [1.165, 1.54) is 30.0 Å². The van der Waals surface area contributed by atoms with E-state index in [4.69, 9.17) is 4.74 Å². The smallest absolute Gasteiger partial charge is 0.322 e. The second-order valence-corrected chi connectivity index (χ2v) is 12.4. The second kappa shape index (κ2) is 13.5. The average Bonchev–Trinajstić information content (AvgIpc) is 3.08. The number of esters is 1. The predicted molar refractivity (Wildman–Crippen MR) is 132 cm³/mol. The van der Waals surface area contributed by atoms with Gasteiger partial charge in [0.2, 0.25) is 0 Å². The summed E-state index contributed by atoms with van der Waals surface area (Å²) in [7, 11) is 0. The third-order valence-corrected chi connectivity index (χ3v) is 6.86. The highest BCUT2D eigenvalue weighted by Gasteiger charge is 2.34. The van der Waals surface area contributed by atoms with Crippen LogP contribution in [0.2, 0.25) is 0 Å². The van der Waals surface area contributed by atoms with Gasteiger partial charge in [0.1, 0.15) is 16.1 Å². The number of carbonyl (C=O) groups is 3. The van der Waals surface area contributed by atoms with Crippen molar-refractivity contribution < 1.29 is 19.1 Å². The monoisotopic (exact) mass is 484 g/mol. The van der Waals surface area contributed by atoms with Crippen molar-refractivity contribution in [1.29, 1.82) is 0 Å². The number of nitrogens with one attached hydrogen (secondary N) is 1. The van der Waals surface area contributed by atoms with E-state index in [1.807, 2.05) is 40.0 Å². The number of ketones is 2. The summed E-state index contributed by atoms with van der Waals surface area (Å²) in [4.78, 5) is 40.9. The van der Waals surface area contributed by atoms with Crippen LogP contribution in [0, 0.1) is 0 Å². The fourth-order valence-corrected chi connectivity index (χ4v) is 5.27. The van der Waals surface area contributed by atoms with Crippen LogP contribution in [0.1, 0.15) is 92.7 Å². The molecule has 32 heavy (non-hydrogen) atoms. The van der Waals surface area contributed by atoms with Gasteiger partial charge in [-0.25, -0.2) is 4.98 Å². The maximum absolute atomic E-state index is 12.5. The molecule has 0 fully saturated rings. The van der Waals surface area contributed by atoms with Crippen molar-refractivity contribution in [3.05, 3.63) is 11.1 Å². The average molecular weight is 485 g/mol. The SMILES string of the molecule is CCCCCCC(NCCc1csc(SC(C)(C)C(=O)OC(C)(C)C)n1)C(=O)CC(C)=O. The Morgan fingerprint density at radius 3 is 2.44 bits per heavy atom. The lowest BCUT2D eigenvalue weighted by atomic mass is 10.0. The highest BCUT2D eigenvalue weighted by atomic mass is 32.2. The first-order valence-corrected chi connectivity index (χ1v) is 13.2. The fraction of sp³-hybridized carbons (Fsp3) is 0.750. The van der Waals surface area contributed by atoms with Gasteiger partial charge in [0.05, 0.1) is 18.2 Å². The standard InChI is InChI=1S/C24H40N2O4S2/c1-8-9-10-11-12-19(20(28)15-17(2)27)25-14-13-18-16-31-22(26-18)32-24(6,7)21(29)30-23(3,4)5/h16,19,25H,8-15H2,1-7H3. The number of ether oxygens (including phenoxy) is 1. The number of hydrogen-bond acceptors (Lipinski definition) is 8. The highest BCUT2D eigenvalue weighted by molar-refractivity contribution is 8.03. The summed E-state index contributed by atoms with van der Waals surface area (Å²) < 4.78 is 5.61. The van der Waals surface area contributed by atoms with Crippen LogP contribution in [0.25, 0.3) is 0 Å². The lowest BCUT2D eigenvalue weighted by Crippen LogP contribution is -2.38. The van der Waals surface area contributed by atoms with Crippen LogP contribution in [0.4, 0.5) is 0 Å². The Balaban J connectivity index is 2.60. The van der Waals surface area contributed by atoms with E-state index in [2.05, 4.69) is 17.2 Å². The third kappa shape index (κ3) is 11.6. The van der Waals surface area contributed by atoms with E-state index in [9.17, 15) is 14.4 Å². The van der Waals surface area contributed by atoms with Crippen LogP contribution < -0.4 is 5.32 Å². The van der Waals surface area contributed by atoms with Gasteiger partial charge in [-0.05, 0) is 48.0 Å². The zero-order valence-corrected chi connectivity index (χ0v) is 22.3. The molecule has 0 aliphatic carbocycles. The quantitative estimate of drug-likeness (QED) is 0.155. The number of carbonyl (C=O) groups excluding carboxylic acids is 3. The van der Waals surface area contributed by atoms with Crippen molar-refractivity contribution in [1.82, 2.24) is 10.3 Å². The third-order valence-electron chi connectivity index (χ3n) is 4.69. The molecule has 0 aromatic carbocycles. The number of thioether (sulfide) groups is 1. The Labute approximate surface area is 201 Å². The summed E-state index contributed by atoms with van der Waals surface area (Å²) in [5, 5.41) is 5.32. The highest BCUT2D eigenvalue weighted by Crippen LogP contribution is 2.36. The first kappa shape index (κ1) is 28.8. The van der Waals surface area contributed by atoms with Gasteiger partial charge in [0.15, 0.2) is 10.1 Å². The van der Waals surface area contributed by atoms with Crippen LogP contribution in [-0.4, -0.2) is 45.5 Å². The topological polar surface area (TPSA) is 85.4 Å². The van der Waals surface area contributed by atoms with Crippen molar-refractivity contribution in [2.45, 2.75) is 114 Å². The largest absolute Gasteiger partial charge is 0.459 e. The van der Waals surface area contributed by atoms with E-state index in [0.29, 0.717) is 13.0 Å². The molecular weight excluding hydrogens is 444 g/mol. The van der Waals surface area contributed by atoms with Crippen molar-refractivity contribution in [2.24, 2.45) is 0 Å². The molecule has 0 aliphatic rings. The summed E-state index contributed by atoms with van der Waals surface area (Å²) >= 11 is 2.91. The molecule has 0 saturated carbocycles. The number of aromatic nitrogens is 1. The fourth-order valence-electron chi connectivity index (χ4n) is 3.01. The Hall–Kier alpha value is -1.25. The molecule has 1 rings (SSSR count). The summed E-state index contributed by atoms with van der Waals surface area (Å²) in [5.74, 6) is -0.380. The molecular formula is C24H40N2O4S2. The van der Waals surface area contributed by atoms with Crippen LogP contribution in [-0.2, 0) is 25.5 Å². The molecule has 0 aliphatic heterocycles. The normalized spacial score (nSPS) is 13.1. The Bertz CT molecular complexity index is 753. The molecule has 1 aromatic heterocycles. The van der Waals surface area contributed by atoms with Crippen molar-refractivity contribution in [3.8, 4) is 0 Å². The van der Waals surface area contributed by atoms with E-state index in [1.54, 1.807) is 0 Å². The summed E-state index contributed by atoms with van der Waals surface area (Å²) in [6.07, 6.45) is 5.81. The molecule has 0 amide bonds. The summed E-state index contributed by atoms with van der Waals surface area (Å²) in [5.41, 5.74) is 0.398. The first-order valence-electron chi connectivity index (χ1n) is 11.5. The van der Waals surface area contributed by atoms with Crippen LogP contribution in [0.3, 0.4) is 0 Å². The molecule has 0 radical (unpaired) electrons. The van der Waals surface area contributed by atoms with Crippen molar-refractivity contribution >= 4 is 40.6 Å². The molecule has 1 atom stereocenters. The van der Waals surface area contributed by atoms with E-state index in [0.717, 1.165) is 42.1 Å². The van der Waals surface area contributed by atoms with Gasteiger partial charge in [-0.3, -0.25) is 14.4 Å². The predicted octanol–water partition coefficient (Wildman–Crippen LogP) is 5.37. The van der Waals surface area contributed by atoms with E-state index < -0.39 is 10.3 Å². The van der Waals surface area contributed by atoms with E-state index in [-0.39, 0.29) is 30.0 Å². The molecule has 6 nitrogen and oxygen atoms in total. The van der Waals surface area contributed by atoms with Gasteiger partial charge in [-0.2, -0.15) is 0 Å². The Morgan fingerprint density at radius 1 is 1.16 bits per heavy atom. The summed E-state index contributed by atoms with van der Waals surface area (Å²) in [6.45, 7) is 13.5. The molecule has 1 N–H and O–H groups in total. The molecule has 182 valence electrons. The first-order chi connectivity index (χ1) is 14.8. The minimum absolute atomic E-state index is 0.0112. The van der Waals surface area contributed by atoms with Crippen LogP contribution in [0.5, 0.6) is 0 Å². The number of rotatable bonds is 15. The number of unbranched alkanes of at least 4 members (excludes halogenated alkanes) is 3. The molecule has 1 aromatic rings. The van der Waals surface area contributed by atoms with E-state index >= 15 is 0 Å². The number of nitrogens with zero attached hydrogens (tertiary/aromatic N) is 1. The van der Waals surface area contributed by atoms with Crippen LogP contribution in [0.15, 0.2) is 9.72 Å². The number of thiazole rings is 1. The molecule has 1 heterocycles. The zero-order chi connectivity index (χ0) is 24.4. The van der Waals surface area contributed by atoms with Gasteiger partial charge < -0.3 is 10.1 Å². The summed E-state index contributed by atoms with van der Waals surface area (Å²) in [6, 6.07) is -0.283. The van der Waals surface area contributed by atoms with Gasteiger partial charge in [-0.15, -0.1) is 11.3 Å². The van der Waals surface area contributed by atoms with Crippen LogP contribution >= 0.6 is 23.1 Å². The van der Waals surface area contributed by atoms with Gasteiger partial charge in [0.25, 0.3) is 0 Å². The minimum atomic E-state index is -0.733. The molecule has 0 spiro atoms. The maximum atomic E-state index is 12.5. The second-order valence-electron chi connectivity index (χ2n) is 9.67. The minimum Gasteiger partial charge on any atom is -0.459 e. The number of hydrogen-bond donors (Lipinski definition) is 1. The molecule has 0 saturated heterocycles. The number of Topliss-reactive ketones (excluding diaryl/α,β-unsaturated/α-hetero) is 2. The molecule has 8 heteroatoms. The van der Waals surface area contributed by atoms with Crippen molar-refractivity contribution in [2.75, 3.05) is 6.54 Å². The Morgan fingerprint density at radius 2 is 1.84 bits per heavy atom. The molecule has 0 bridgehead atoms. The Kier molecular flexibility index (Phi) is 12.1. The van der Waals surface area contributed by atoms with Crippen molar-refractivity contribution in [3.63, 3.8) is 0 Å². The van der Waals surface area contributed by atoms with Gasteiger partial charge >= 0.3 is 5.97 Å². The lowest BCUT2D eigenvalue weighted by molar-refractivity contribution is -0.156. The van der Waals surface area contributed by atoms with Gasteiger partial charge in [-0.1, -0.05) is 44.4 Å². The molecule has 1 unspecified atom stereocenters.